The molecule has 0 radical (unpaired) electrons. The van der Waals surface area contributed by atoms with E-state index in [2.05, 4.69) is 81.7 Å². The van der Waals surface area contributed by atoms with Gasteiger partial charge in [0.15, 0.2) is 0 Å². The average molecular weight is 559 g/mol. The number of carbonyl (C=O) groups excluding carboxylic acids is 1. The van der Waals surface area contributed by atoms with E-state index in [-0.39, 0.29) is 17.1 Å². The molecule has 2 saturated heterocycles. The van der Waals surface area contributed by atoms with Crippen molar-refractivity contribution in [1.82, 2.24) is 0 Å². The first-order valence-electron chi connectivity index (χ1n) is 14.6. The summed E-state index contributed by atoms with van der Waals surface area (Å²) >= 11 is 0. The van der Waals surface area contributed by atoms with E-state index < -0.39 is 0 Å². The summed E-state index contributed by atoms with van der Waals surface area (Å²) < 4.78 is 1.93. The highest BCUT2D eigenvalue weighted by atomic mass is 16.3. The third-order valence-corrected chi connectivity index (χ3v) is 8.96. The minimum absolute atomic E-state index is 0.0776. The Morgan fingerprint density at radius 2 is 1.29 bits per heavy atom. The molecule has 3 aliphatic rings. The normalized spacial score (nSPS) is 23.0. The van der Waals surface area contributed by atoms with E-state index >= 15 is 0 Å². The van der Waals surface area contributed by atoms with Crippen LogP contribution in [0.2, 0.25) is 0 Å². The van der Waals surface area contributed by atoms with Crippen molar-refractivity contribution in [2.45, 2.75) is 31.8 Å². The molecule has 218 valence electrons. The van der Waals surface area contributed by atoms with Gasteiger partial charge in [-0.25, -0.2) is 4.99 Å². The molecule has 5 rings (SSSR count). The number of hydrogen-bond acceptors (Lipinski definition) is 6. The maximum absolute atomic E-state index is 13.0. The van der Waals surface area contributed by atoms with E-state index in [1.807, 2.05) is 24.3 Å². The van der Waals surface area contributed by atoms with Gasteiger partial charge < -0.3 is 29.2 Å². The highest BCUT2D eigenvalue weighted by Gasteiger charge is 2.33. The third kappa shape index (κ3) is 6.34. The summed E-state index contributed by atoms with van der Waals surface area (Å²) in [5.74, 6) is -0.307. The van der Waals surface area contributed by atoms with Crippen molar-refractivity contribution in [1.29, 1.82) is 0 Å². The zero-order valence-corrected chi connectivity index (χ0v) is 25.7. The summed E-state index contributed by atoms with van der Waals surface area (Å²) in [4.78, 5) is 22.6. The molecule has 8 nitrogen and oxygen atoms in total. The fourth-order valence-corrected chi connectivity index (χ4v) is 5.96. The number of likely N-dealkylation sites (N-methyl/N-ethyl adjacent to an activating group) is 2. The SMILES string of the molecule is CC1=C(O)/C(=N\c2ccc(N3CCC([N+](C)(C)C)C3)cc2)C=C(Nc2ccc(N3CCC([N+](C)(C)C)C3)cc2)C1=O. The Morgan fingerprint density at radius 1 is 0.805 bits per heavy atom. The third-order valence-electron chi connectivity index (χ3n) is 8.96. The first-order chi connectivity index (χ1) is 19.3. The van der Waals surface area contributed by atoms with Crippen molar-refractivity contribution in [3.63, 3.8) is 0 Å². The zero-order chi connectivity index (χ0) is 29.5. The second-order valence-corrected chi connectivity index (χ2v) is 13.6. The number of hydrogen-bond donors (Lipinski definition) is 2. The van der Waals surface area contributed by atoms with Gasteiger partial charge in [-0.05, 0) is 61.5 Å². The lowest BCUT2D eigenvalue weighted by atomic mass is 9.99. The Hall–Kier alpha value is -3.62. The topological polar surface area (TPSA) is 68.2 Å². The molecule has 2 aromatic rings. The molecule has 2 atom stereocenters. The summed E-state index contributed by atoms with van der Waals surface area (Å²) in [5.41, 5.74) is 5.00. The first kappa shape index (κ1) is 28.9. The van der Waals surface area contributed by atoms with Crippen molar-refractivity contribution in [2.75, 3.05) is 83.6 Å². The molecule has 2 N–H and O–H groups in total. The van der Waals surface area contributed by atoms with Gasteiger partial charge in [0, 0.05) is 48.6 Å². The van der Waals surface area contributed by atoms with Crippen LogP contribution < -0.4 is 15.1 Å². The quantitative estimate of drug-likeness (QED) is 0.380. The Labute approximate surface area is 245 Å². The maximum Gasteiger partial charge on any atom is 0.208 e. The number of nitrogens with one attached hydrogen (secondary N) is 1. The van der Waals surface area contributed by atoms with Crippen molar-refractivity contribution >= 4 is 34.2 Å². The van der Waals surface area contributed by atoms with Crippen LogP contribution in [0.15, 0.2) is 76.6 Å². The Balaban J connectivity index is 1.29. The molecule has 0 spiro atoms. The van der Waals surface area contributed by atoms with Gasteiger partial charge in [-0.3, -0.25) is 4.79 Å². The molecule has 2 aromatic carbocycles. The maximum atomic E-state index is 13.0. The molecule has 0 amide bonds. The number of nitrogens with zero attached hydrogens (tertiary/aromatic N) is 5. The molecule has 1 aliphatic carbocycles. The van der Waals surface area contributed by atoms with Gasteiger partial charge in [0.1, 0.15) is 23.6 Å². The second-order valence-electron chi connectivity index (χ2n) is 13.6. The van der Waals surface area contributed by atoms with Gasteiger partial charge in [0.2, 0.25) is 5.78 Å². The summed E-state index contributed by atoms with van der Waals surface area (Å²) in [6, 6.07) is 17.6. The molecule has 41 heavy (non-hydrogen) atoms. The number of aliphatic imine (C=N–C) groups is 1. The van der Waals surface area contributed by atoms with Crippen LogP contribution >= 0.6 is 0 Å². The highest BCUT2D eigenvalue weighted by Crippen LogP contribution is 2.29. The van der Waals surface area contributed by atoms with Crippen LogP contribution in [-0.2, 0) is 4.79 Å². The molecule has 2 heterocycles. The number of rotatable bonds is 7. The van der Waals surface area contributed by atoms with Crippen LogP contribution in [-0.4, -0.2) is 106 Å². The van der Waals surface area contributed by atoms with Crippen LogP contribution in [0.25, 0.3) is 0 Å². The minimum Gasteiger partial charge on any atom is -0.505 e. The van der Waals surface area contributed by atoms with E-state index in [1.54, 1.807) is 13.0 Å². The monoisotopic (exact) mass is 558 g/mol. The Morgan fingerprint density at radius 3 is 1.76 bits per heavy atom. The molecule has 2 aliphatic heterocycles. The molecule has 2 fully saturated rings. The number of quaternary nitrogens is 2. The highest BCUT2D eigenvalue weighted by molar-refractivity contribution is 6.24. The lowest BCUT2D eigenvalue weighted by Gasteiger charge is -2.31. The lowest BCUT2D eigenvalue weighted by Crippen LogP contribution is -2.46. The average Bonchev–Trinajstić information content (AvgIpc) is 3.62. The van der Waals surface area contributed by atoms with E-state index in [0.29, 0.717) is 23.5 Å². The fraction of sp³-hybridized carbons (Fsp3) is 0.455. The number of carbonyl (C=O) groups is 1. The van der Waals surface area contributed by atoms with Crippen LogP contribution in [0.1, 0.15) is 19.8 Å². The minimum atomic E-state index is -0.230. The van der Waals surface area contributed by atoms with Crippen molar-refractivity contribution in [3.8, 4) is 0 Å². The summed E-state index contributed by atoms with van der Waals surface area (Å²) in [6.45, 7) is 5.82. The van der Waals surface area contributed by atoms with E-state index in [0.717, 1.165) is 46.5 Å². The van der Waals surface area contributed by atoms with E-state index in [1.165, 1.54) is 24.2 Å². The van der Waals surface area contributed by atoms with Gasteiger partial charge in [-0.15, -0.1) is 0 Å². The van der Waals surface area contributed by atoms with Crippen LogP contribution in [0.4, 0.5) is 22.7 Å². The number of benzene rings is 2. The number of allylic oxidation sites excluding steroid dienone is 2. The summed E-state index contributed by atoms with van der Waals surface area (Å²) in [6.07, 6.45) is 4.00. The molecule has 0 saturated carbocycles. The van der Waals surface area contributed by atoms with Gasteiger partial charge in [0.25, 0.3) is 0 Å². The molecule has 8 heteroatoms. The predicted octanol–water partition coefficient (Wildman–Crippen LogP) is 4.74. The van der Waals surface area contributed by atoms with Gasteiger partial charge in [0.05, 0.1) is 66.8 Å². The van der Waals surface area contributed by atoms with E-state index in [9.17, 15) is 9.90 Å². The first-order valence-corrected chi connectivity index (χ1v) is 14.6. The Kier molecular flexibility index (Phi) is 7.74. The molecular weight excluding hydrogens is 512 g/mol. The summed E-state index contributed by atoms with van der Waals surface area (Å²) in [7, 11) is 13.5. The fourth-order valence-electron chi connectivity index (χ4n) is 5.96. The van der Waals surface area contributed by atoms with E-state index in [4.69, 9.17) is 4.99 Å². The number of aliphatic hydroxyl groups excluding tert-OH is 1. The number of ketones is 1. The molecule has 2 unspecified atom stereocenters. The van der Waals surface area contributed by atoms with Crippen molar-refractivity contribution < 1.29 is 18.9 Å². The largest absolute Gasteiger partial charge is 0.505 e. The van der Waals surface area contributed by atoms with Crippen LogP contribution in [0.5, 0.6) is 0 Å². The van der Waals surface area contributed by atoms with Crippen LogP contribution in [0, 0.1) is 0 Å². The predicted molar refractivity (Wildman–Crippen MR) is 169 cm³/mol. The molecule has 0 bridgehead atoms. The number of Topliss-reactive ketones (excluding diaryl/α,β-unsaturated/α-hetero) is 1. The van der Waals surface area contributed by atoms with Gasteiger partial charge >= 0.3 is 0 Å². The number of anilines is 3. The number of aliphatic hydroxyl groups is 1. The smallest absolute Gasteiger partial charge is 0.208 e. The van der Waals surface area contributed by atoms with Crippen molar-refractivity contribution in [2.24, 2.45) is 4.99 Å². The van der Waals surface area contributed by atoms with Crippen molar-refractivity contribution in [3.05, 3.63) is 71.6 Å². The van der Waals surface area contributed by atoms with Gasteiger partial charge in [-0.2, -0.15) is 0 Å². The second kappa shape index (κ2) is 11.0. The summed E-state index contributed by atoms with van der Waals surface area (Å²) in [5, 5.41) is 14.0. The molecule has 0 aromatic heterocycles. The lowest BCUT2D eigenvalue weighted by molar-refractivity contribution is -0.893. The van der Waals surface area contributed by atoms with Gasteiger partial charge in [-0.1, -0.05) is 0 Å². The van der Waals surface area contributed by atoms with Crippen LogP contribution in [0.3, 0.4) is 0 Å². The molecular formula is C33H46N6O2+2. The Bertz CT molecular complexity index is 1380. The standard InChI is InChI=1S/C33H44N6O2/c1-23-32(40)30(34-24-8-12-26(13-9-24)36-18-16-28(21-36)38(2,3)4)20-31(33(23)41)35-25-10-14-27(15-11-25)37-19-17-29(22-37)39(5,6)7/h8-15,20,28-29H,16-19,21-22H2,1-7H3/p+2. The zero-order valence-electron chi connectivity index (χ0n) is 25.7.